The van der Waals surface area contributed by atoms with Gasteiger partial charge in [0.05, 0.1) is 9.34 Å². The number of rotatable bonds is 4. The van der Waals surface area contributed by atoms with Crippen molar-refractivity contribution in [3.8, 4) is 0 Å². The van der Waals surface area contributed by atoms with Gasteiger partial charge in [0, 0.05) is 60.0 Å². The summed E-state index contributed by atoms with van der Waals surface area (Å²) in [5.74, 6) is -0.670. The van der Waals surface area contributed by atoms with Gasteiger partial charge in [0.1, 0.15) is 5.82 Å². The minimum Gasteiger partial charge on any atom is -0.360 e. The Hall–Kier alpha value is -3.16. The fraction of sp³-hybridized carbons (Fsp3) is 0.167. The lowest BCUT2D eigenvalue weighted by Crippen LogP contribution is -2.48. The molecule has 0 atom stereocenters. The molecule has 0 radical (unpaired) electrons. The summed E-state index contributed by atoms with van der Waals surface area (Å²) >= 11 is 7.58. The van der Waals surface area contributed by atoms with Gasteiger partial charge in [0.2, 0.25) is 0 Å². The lowest BCUT2D eigenvalue weighted by molar-refractivity contribution is 0.0747. The van der Waals surface area contributed by atoms with E-state index in [4.69, 9.17) is 11.6 Å². The zero-order valence-corrected chi connectivity index (χ0v) is 18.5. The number of anilines is 1. The van der Waals surface area contributed by atoms with E-state index >= 15 is 0 Å². The van der Waals surface area contributed by atoms with Crippen LogP contribution in [0.15, 0.2) is 60.8 Å². The van der Waals surface area contributed by atoms with Gasteiger partial charge in [-0.15, -0.1) is 11.3 Å². The van der Waals surface area contributed by atoms with Gasteiger partial charge < -0.3 is 14.8 Å². The van der Waals surface area contributed by atoms with Crippen LogP contribution >= 0.6 is 22.9 Å². The van der Waals surface area contributed by atoms with Crippen molar-refractivity contribution in [1.82, 2.24) is 9.88 Å². The quantitative estimate of drug-likeness (QED) is 0.419. The summed E-state index contributed by atoms with van der Waals surface area (Å²) in [4.78, 5) is 33.2. The number of benzene rings is 2. The average molecular weight is 468 g/mol. The Morgan fingerprint density at radius 1 is 0.938 bits per heavy atom. The number of hydrogen-bond donors (Lipinski definition) is 1. The van der Waals surface area contributed by atoms with Crippen molar-refractivity contribution in [3.63, 3.8) is 0 Å². The van der Waals surface area contributed by atoms with Gasteiger partial charge in [0.25, 0.3) is 5.91 Å². The summed E-state index contributed by atoms with van der Waals surface area (Å²) in [6.45, 7) is 2.70. The van der Waals surface area contributed by atoms with Gasteiger partial charge in [-0.25, -0.2) is 4.39 Å². The molecule has 1 aliphatic heterocycles. The van der Waals surface area contributed by atoms with E-state index in [1.807, 2.05) is 23.1 Å². The molecule has 0 saturated carbocycles. The number of piperazine rings is 1. The molecule has 1 saturated heterocycles. The van der Waals surface area contributed by atoms with Crippen molar-refractivity contribution in [2.75, 3.05) is 31.1 Å². The summed E-state index contributed by atoms with van der Waals surface area (Å²) in [5.41, 5.74) is 2.17. The van der Waals surface area contributed by atoms with E-state index in [2.05, 4.69) is 9.88 Å². The molecule has 0 bridgehead atoms. The Kier molecular flexibility index (Phi) is 5.45. The number of carbonyl (C=O) groups is 2. The maximum absolute atomic E-state index is 13.2. The molecular formula is C24H19ClFN3O2S. The number of amides is 1. The molecule has 0 spiro atoms. The number of aromatic nitrogens is 1. The number of nitrogens with zero attached hydrogens (tertiary/aromatic N) is 2. The Labute approximate surface area is 193 Å². The van der Waals surface area contributed by atoms with Crippen molar-refractivity contribution in [1.29, 1.82) is 0 Å². The summed E-state index contributed by atoms with van der Waals surface area (Å²) < 4.78 is 14.0. The highest BCUT2D eigenvalue weighted by molar-refractivity contribution is 7.19. The van der Waals surface area contributed by atoms with Crippen LogP contribution in [0, 0.1) is 5.82 Å². The topological polar surface area (TPSA) is 56.4 Å². The normalized spacial score (nSPS) is 14.2. The number of carbonyl (C=O) groups excluding carboxylic acids is 2. The predicted molar refractivity (Wildman–Crippen MR) is 126 cm³/mol. The summed E-state index contributed by atoms with van der Waals surface area (Å²) in [5, 5.41) is 1.79. The van der Waals surface area contributed by atoms with Gasteiger partial charge in [-0.2, -0.15) is 0 Å². The highest BCUT2D eigenvalue weighted by atomic mass is 35.5. The number of nitrogens with one attached hydrogen (secondary N) is 1. The van der Waals surface area contributed by atoms with Crippen molar-refractivity contribution in [2.45, 2.75) is 0 Å². The van der Waals surface area contributed by atoms with E-state index < -0.39 is 5.82 Å². The molecule has 2 aromatic carbocycles. The summed E-state index contributed by atoms with van der Waals surface area (Å²) in [7, 11) is 0. The molecule has 5 nitrogen and oxygen atoms in total. The first-order chi connectivity index (χ1) is 15.5. The van der Waals surface area contributed by atoms with Crippen molar-refractivity contribution >= 4 is 50.5 Å². The second-order valence-corrected chi connectivity index (χ2v) is 9.35. The van der Waals surface area contributed by atoms with Crippen molar-refractivity contribution < 1.29 is 14.0 Å². The lowest BCUT2D eigenvalue weighted by atomic mass is 10.0. The van der Waals surface area contributed by atoms with Crippen LogP contribution in [0.5, 0.6) is 0 Å². The second-order valence-electron chi connectivity index (χ2n) is 7.66. The third-order valence-corrected chi connectivity index (χ3v) is 7.01. The van der Waals surface area contributed by atoms with Gasteiger partial charge >= 0.3 is 0 Å². The van der Waals surface area contributed by atoms with E-state index in [1.54, 1.807) is 18.3 Å². The van der Waals surface area contributed by atoms with Crippen LogP contribution in [0.4, 0.5) is 9.39 Å². The first-order valence-electron chi connectivity index (χ1n) is 10.2. The van der Waals surface area contributed by atoms with E-state index in [0.29, 0.717) is 35.2 Å². The molecule has 0 unspecified atom stereocenters. The molecule has 8 heteroatoms. The molecule has 1 amide bonds. The number of ketones is 1. The molecule has 1 aliphatic rings. The number of aromatic amines is 1. The van der Waals surface area contributed by atoms with Gasteiger partial charge in [-0.1, -0.05) is 11.6 Å². The number of hydrogen-bond acceptors (Lipinski definition) is 4. The SMILES string of the molecule is O=C(c1ccc(F)cc1)c1c[nH]c2ccc(C(=O)N3CCN(c4ccc(Cl)s4)CC3)cc12. The van der Waals surface area contributed by atoms with Crippen LogP contribution in [0.2, 0.25) is 4.34 Å². The van der Waals surface area contributed by atoms with Crippen molar-refractivity contribution in [2.24, 2.45) is 0 Å². The monoisotopic (exact) mass is 467 g/mol. The summed E-state index contributed by atoms with van der Waals surface area (Å²) in [6.07, 6.45) is 1.63. The Morgan fingerprint density at radius 3 is 2.34 bits per heavy atom. The molecular weight excluding hydrogens is 449 g/mol. The molecule has 1 N–H and O–H groups in total. The first kappa shape index (κ1) is 20.7. The van der Waals surface area contributed by atoms with E-state index in [-0.39, 0.29) is 11.7 Å². The van der Waals surface area contributed by atoms with Gasteiger partial charge in [0.15, 0.2) is 5.78 Å². The molecule has 2 aromatic heterocycles. The molecule has 0 aliphatic carbocycles. The third kappa shape index (κ3) is 3.89. The van der Waals surface area contributed by atoms with Crippen LogP contribution in [0.1, 0.15) is 26.3 Å². The maximum Gasteiger partial charge on any atom is 0.253 e. The highest BCUT2D eigenvalue weighted by Crippen LogP contribution is 2.30. The largest absolute Gasteiger partial charge is 0.360 e. The van der Waals surface area contributed by atoms with Crippen LogP contribution in [-0.4, -0.2) is 47.8 Å². The van der Waals surface area contributed by atoms with Crippen molar-refractivity contribution in [3.05, 3.63) is 87.6 Å². The number of thiophene rings is 1. The predicted octanol–water partition coefficient (Wildman–Crippen LogP) is 5.22. The highest BCUT2D eigenvalue weighted by Gasteiger charge is 2.24. The fourth-order valence-corrected chi connectivity index (χ4v) is 5.07. The minimum absolute atomic E-state index is 0.0582. The molecule has 32 heavy (non-hydrogen) atoms. The Bertz CT molecular complexity index is 1310. The van der Waals surface area contributed by atoms with Crippen LogP contribution in [-0.2, 0) is 0 Å². The molecule has 4 aromatic rings. The smallest absolute Gasteiger partial charge is 0.253 e. The number of fused-ring (bicyclic) bond motifs is 1. The Morgan fingerprint density at radius 2 is 1.66 bits per heavy atom. The van der Waals surface area contributed by atoms with E-state index in [0.717, 1.165) is 27.9 Å². The first-order valence-corrected chi connectivity index (χ1v) is 11.4. The standard InChI is InChI=1S/C24H19ClFN3O2S/c25-21-7-8-22(32-21)28-9-11-29(12-10-28)24(31)16-3-6-20-18(13-16)19(14-27-20)23(30)15-1-4-17(26)5-2-15/h1-8,13-14,27H,9-12H2. The maximum atomic E-state index is 13.2. The zero-order chi connectivity index (χ0) is 22.2. The van der Waals surface area contributed by atoms with Gasteiger partial charge in [-0.3, -0.25) is 9.59 Å². The molecule has 5 rings (SSSR count). The lowest BCUT2D eigenvalue weighted by Gasteiger charge is -2.35. The second kappa shape index (κ2) is 8.41. The van der Waals surface area contributed by atoms with Gasteiger partial charge in [-0.05, 0) is 54.6 Å². The molecule has 3 heterocycles. The van der Waals surface area contributed by atoms with Crippen LogP contribution in [0.3, 0.4) is 0 Å². The Balaban J connectivity index is 1.35. The van der Waals surface area contributed by atoms with Crippen LogP contribution in [0.25, 0.3) is 10.9 Å². The third-order valence-electron chi connectivity index (χ3n) is 5.72. The summed E-state index contributed by atoms with van der Waals surface area (Å²) in [6, 6.07) is 14.7. The molecule has 1 fully saturated rings. The molecule has 162 valence electrons. The minimum atomic E-state index is -0.393. The van der Waals surface area contributed by atoms with Crippen LogP contribution < -0.4 is 4.90 Å². The zero-order valence-electron chi connectivity index (χ0n) is 17.0. The average Bonchev–Trinajstić information content (AvgIpc) is 3.44. The van der Waals surface area contributed by atoms with E-state index in [1.165, 1.54) is 35.6 Å². The fourth-order valence-electron chi connectivity index (χ4n) is 3.99. The van der Waals surface area contributed by atoms with E-state index in [9.17, 15) is 14.0 Å². The number of H-pyrrole nitrogens is 1. The number of halogens is 2.